The Kier molecular flexibility index (Phi) is 6.26. The number of nitriles is 1. The molecule has 8 heteroatoms. The van der Waals surface area contributed by atoms with E-state index in [0.717, 1.165) is 40.9 Å². The zero-order chi connectivity index (χ0) is 23.5. The second kappa shape index (κ2) is 9.64. The number of amides is 1. The average molecular weight is 460 g/mol. The van der Waals surface area contributed by atoms with Gasteiger partial charge < -0.3 is 20.1 Å². The highest BCUT2D eigenvalue weighted by Gasteiger charge is 2.27. The molecule has 1 aliphatic carbocycles. The minimum Gasteiger partial charge on any atom is -0.507 e. The van der Waals surface area contributed by atoms with Crippen LogP contribution in [0, 0.1) is 11.3 Å². The van der Waals surface area contributed by atoms with Gasteiger partial charge in [-0.2, -0.15) is 10.4 Å². The molecule has 8 nitrogen and oxygen atoms in total. The van der Waals surface area contributed by atoms with Gasteiger partial charge in [-0.3, -0.25) is 9.89 Å². The second-order valence-electron chi connectivity index (χ2n) is 9.17. The molecule has 3 N–H and O–H groups in total. The molecule has 1 aromatic heterocycles. The predicted molar refractivity (Wildman–Crippen MR) is 129 cm³/mol. The van der Waals surface area contributed by atoms with Crippen molar-refractivity contribution in [3.8, 4) is 17.6 Å². The van der Waals surface area contributed by atoms with Gasteiger partial charge >= 0.3 is 0 Å². The molecule has 0 radical (unpaired) electrons. The van der Waals surface area contributed by atoms with E-state index in [2.05, 4.69) is 21.6 Å². The molecule has 0 atom stereocenters. The average Bonchev–Trinajstić information content (AvgIpc) is 3.45. The number of fused-ring (bicyclic) bond motifs is 2. The number of benzene rings is 2. The number of carbonyl (C=O) groups is 1. The zero-order valence-electron chi connectivity index (χ0n) is 19.1. The number of nitrogens with zero attached hydrogens (tertiary/aromatic N) is 3. The Labute approximate surface area is 198 Å². The molecule has 0 spiro atoms. The molecule has 1 aliphatic heterocycles. The van der Waals surface area contributed by atoms with Gasteiger partial charge in [0.2, 0.25) is 0 Å². The first-order chi connectivity index (χ1) is 16.6. The number of nitrogens with one attached hydrogen (secondary N) is 2. The number of H-pyrrole nitrogens is 1. The molecule has 3 aromatic rings. The molecule has 176 valence electrons. The van der Waals surface area contributed by atoms with Crippen LogP contribution in [0.15, 0.2) is 30.3 Å². The summed E-state index contributed by atoms with van der Waals surface area (Å²) in [4.78, 5) is 15.1. The van der Waals surface area contributed by atoms with E-state index in [1.807, 2.05) is 18.2 Å². The highest BCUT2D eigenvalue weighted by Crippen LogP contribution is 2.33. The van der Waals surface area contributed by atoms with Crippen LogP contribution in [-0.2, 0) is 13.1 Å². The van der Waals surface area contributed by atoms with Gasteiger partial charge in [0.15, 0.2) is 5.82 Å². The van der Waals surface area contributed by atoms with Crippen molar-refractivity contribution >= 4 is 22.6 Å². The van der Waals surface area contributed by atoms with Crippen molar-refractivity contribution in [2.75, 3.05) is 11.9 Å². The van der Waals surface area contributed by atoms with Crippen molar-refractivity contribution < 1.29 is 14.6 Å². The molecule has 0 unspecified atom stereocenters. The highest BCUT2D eigenvalue weighted by molar-refractivity contribution is 6.03. The Hall–Kier alpha value is -3.73. The van der Waals surface area contributed by atoms with Crippen LogP contribution in [-0.4, -0.2) is 38.8 Å². The van der Waals surface area contributed by atoms with Crippen LogP contribution in [0.3, 0.4) is 0 Å². The molecule has 2 heterocycles. The number of phenols is 1. The number of rotatable bonds is 7. The summed E-state index contributed by atoms with van der Waals surface area (Å²) in [6, 6.07) is 11.7. The third-order valence-corrected chi connectivity index (χ3v) is 6.74. The number of aromatic nitrogens is 2. The molecule has 1 saturated carbocycles. The van der Waals surface area contributed by atoms with Crippen LogP contribution in [0.5, 0.6) is 11.5 Å². The minimum absolute atomic E-state index is 0.0529. The molecule has 1 amide bonds. The summed E-state index contributed by atoms with van der Waals surface area (Å²) in [7, 11) is 0. The van der Waals surface area contributed by atoms with Crippen LogP contribution < -0.4 is 10.1 Å². The number of aromatic hydroxyl groups is 1. The molecule has 1 fully saturated rings. The van der Waals surface area contributed by atoms with Crippen LogP contribution >= 0.6 is 0 Å². The van der Waals surface area contributed by atoms with E-state index in [9.17, 15) is 9.90 Å². The van der Waals surface area contributed by atoms with E-state index < -0.39 is 0 Å². The number of hydrogen-bond acceptors (Lipinski definition) is 6. The smallest absolute Gasteiger partial charge is 0.258 e. The van der Waals surface area contributed by atoms with Gasteiger partial charge in [0.1, 0.15) is 11.5 Å². The van der Waals surface area contributed by atoms with Crippen LogP contribution in [0.4, 0.5) is 5.82 Å². The molecule has 5 rings (SSSR count). The normalized spacial score (nSPS) is 15.8. The first kappa shape index (κ1) is 22.1. The summed E-state index contributed by atoms with van der Waals surface area (Å²) in [5.41, 5.74) is 3.09. The van der Waals surface area contributed by atoms with Crippen LogP contribution in [0.25, 0.3) is 10.9 Å². The molecule has 34 heavy (non-hydrogen) atoms. The van der Waals surface area contributed by atoms with Gasteiger partial charge in [0.05, 0.1) is 23.8 Å². The number of carbonyl (C=O) groups excluding carboxylic acids is 1. The molecular formula is C26H29N5O3. The van der Waals surface area contributed by atoms with E-state index in [4.69, 9.17) is 10.00 Å². The summed E-state index contributed by atoms with van der Waals surface area (Å²) in [5.74, 6) is 1.21. The van der Waals surface area contributed by atoms with E-state index in [0.29, 0.717) is 44.1 Å². The minimum atomic E-state index is -0.211. The SMILES string of the molecule is N#CCCCOc1ccc2c(c1)CN(C(=O)c1cc3c(NC4CCCCC4)n[nH]c3cc1O)C2. The topological polar surface area (TPSA) is 114 Å². The largest absolute Gasteiger partial charge is 0.507 e. The number of anilines is 1. The third kappa shape index (κ3) is 4.51. The lowest BCUT2D eigenvalue weighted by Crippen LogP contribution is -2.25. The number of hydrogen-bond donors (Lipinski definition) is 3. The van der Waals surface area contributed by atoms with E-state index in [1.54, 1.807) is 17.0 Å². The second-order valence-corrected chi connectivity index (χ2v) is 9.17. The Balaban J connectivity index is 1.32. The third-order valence-electron chi connectivity index (χ3n) is 6.74. The van der Waals surface area contributed by atoms with E-state index >= 15 is 0 Å². The lowest BCUT2D eigenvalue weighted by Gasteiger charge is -2.22. The number of aromatic amines is 1. The fourth-order valence-corrected chi connectivity index (χ4v) is 4.89. The quantitative estimate of drug-likeness (QED) is 0.435. The molecular weight excluding hydrogens is 430 g/mol. The number of ether oxygens (including phenoxy) is 1. The van der Waals surface area contributed by atoms with Gasteiger partial charge in [-0.05, 0) is 48.6 Å². The maximum atomic E-state index is 13.4. The first-order valence-electron chi connectivity index (χ1n) is 12.0. The van der Waals surface area contributed by atoms with Crippen molar-refractivity contribution in [2.45, 2.75) is 64.1 Å². The highest BCUT2D eigenvalue weighted by atomic mass is 16.5. The molecule has 2 aliphatic rings. The monoisotopic (exact) mass is 459 g/mol. The lowest BCUT2D eigenvalue weighted by molar-refractivity contribution is 0.0748. The summed E-state index contributed by atoms with van der Waals surface area (Å²) < 4.78 is 5.74. The first-order valence-corrected chi connectivity index (χ1v) is 12.0. The van der Waals surface area contributed by atoms with Gasteiger partial charge in [-0.15, -0.1) is 0 Å². The molecule has 2 aromatic carbocycles. The lowest BCUT2D eigenvalue weighted by atomic mass is 9.95. The Morgan fingerprint density at radius 3 is 2.85 bits per heavy atom. The number of phenolic OH excluding ortho intramolecular Hbond substituents is 1. The fraction of sp³-hybridized carbons (Fsp3) is 0.423. The predicted octanol–water partition coefficient (Wildman–Crippen LogP) is 4.85. The van der Waals surface area contributed by atoms with Crippen molar-refractivity contribution in [2.24, 2.45) is 0 Å². The van der Waals surface area contributed by atoms with Gasteiger partial charge in [-0.25, -0.2) is 0 Å². The Morgan fingerprint density at radius 2 is 2.03 bits per heavy atom. The van der Waals surface area contributed by atoms with Crippen molar-refractivity contribution in [3.05, 3.63) is 47.0 Å². The van der Waals surface area contributed by atoms with Crippen molar-refractivity contribution in [1.82, 2.24) is 15.1 Å². The fourth-order valence-electron chi connectivity index (χ4n) is 4.89. The van der Waals surface area contributed by atoms with Crippen LogP contribution in [0.2, 0.25) is 0 Å². The number of unbranched alkanes of at least 4 members (excludes halogenated alkanes) is 1. The Morgan fingerprint density at radius 1 is 1.21 bits per heavy atom. The zero-order valence-corrected chi connectivity index (χ0v) is 19.1. The van der Waals surface area contributed by atoms with Crippen molar-refractivity contribution in [3.63, 3.8) is 0 Å². The van der Waals surface area contributed by atoms with Gasteiger partial charge in [-0.1, -0.05) is 25.3 Å². The van der Waals surface area contributed by atoms with Crippen molar-refractivity contribution in [1.29, 1.82) is 5.26 Å². The summed E-state index contributed by atoms with van der Waals surface area (Å²) in [5, 5.41) is 31.0. The maximum Gasteiger partial charge on any atom is 0.258 e. The summed E-state index contributed by atoms with van der Waals surface area (Å²) in [6.07, 6.45) is 7.10. The van der Waals surface area contributed by atoms with Crippen LogP contribution in [0.1, 0.15) is 66.4 Å². The molecule has 0 saturated heterocycles. The standard InChI is InChI=1S/C26H29N5O3/c27-10-4-5-11-34-20-9-8-17-15-31(16-18(17)12-20)26(33)22-13-21-23(14-24(22)32)29-30-25(21)28-19-6-2-1-3-7-19/h8-9,12-14,19,32H,1-7,11,15-16H2,(H2,28,29,30). The summed E-state index contributed by atoms with van der Waals surface area (Å²) >= 11 is 0. The van der Waals surface area contributed by atoms with E-state index in [-0.39, 0.29) is 17.2 Å². The van der Waals surface area contributed by atoms with Gasteiger partial charge in [0.25, 0.3) is 5.91 Å². The summed E-state index contributed by atoms with van der Waals surface area (Å²) in [6.45, 7) is 1.43. The maximum absolute atomic E-state index is 13.4. The Bertz CT molecular complexity index is 1240. The van der Waals surface area contributed by atoms with Gasteiger partial charge in [0, 0.05) is 37.0 Å². The van der Waals surface area contributed by atoms with E-state index in [1.165, 1.54) is 19.3 Å². The molecule has 0 bridgehead atoms.